The van der Waals surface area contributed by atoms with Crippen molar-refractivity contribution < 1.29 is 14.7 Å². The SMILES string of the molecule is CCC(C(=O)O)N(C)C(=O)N(CC)CC(C)C. The Morgan fingerprint density at radius 2 is 1.76 bits per heavy atom. The second-order valence-electron chi connectivity index (χ2n) is 4.59. The minimum atomic E-state index is -0.955. The molecule has 0 fully saturated rings. The molecule has 0 saturated carbocycles. The third-order valence-corrected chi connectivity index (χ3v) is 2.68. The van der Waals surface area contributed by atoms with Crippen molar-refractivity contribution in [1.82, 2.24) is 9.80 Å². The van der Waals surface area contributed by atoms with Crippen LogP contribution in [0.1, 0.15) is 34.1 Å². The number of likely N-dealkylation sites (N-methyl/N-ethyl adjacent to an activating group) is 1. The molecule has 1 atom stereocenters. The van der Waals surface area contributed by atoms with E-state index < -0.39 is 12.0 Å². The third kappa shape index (κ3) is 4.63. The van der Waals surface area contributed by atoms with Gasteiger partial charge in [-0.3, -0.25) is 0 Å². The molecule has 0 aliphatic heterocycles. The van der Waals surface area contributed by atoms with Gasteiger partial charge in [-0.15, -0.1) is 0 Å². The van der Waals surface area contributed by atoms with E-state index in [2.05, 4.69) is 0 Å². The van der Waals surface area contributed by atoms with Crippen LogP contribution in [-0.2, 0) is 4.79 Å². The van der Waals surface area contributed by atoms with Gasteiger partial charge in [0.25, 0.3) is 0 Å². The van der Waals surface area contributed by atoms with Crippen LogP contribution in [0.3, 0.4) is 0 Å². The van der Waals surface area contributed by atoms with Crippen molar-refractivity contribution in [3.63, 3.8) is 0 Å². The number of amides is 2. The fraction of sp³-hybridized carbons (Fsp3) is 0.833. The predicted octanol–water partition coefficient (Wildman–Crippen LogP) is 1.88. The standard InChI is InChI=1S/C12H24N2O3/c1-6-10(11(15)16)13(5)12(17)14(7-2)8-9(3)4/h9-10H,6-8H2,1-5H3,(H,15,16). The first-order valence-corrected chi connectivity index (χ1v) is 6.09. The molecule has 0 aliphatic carbocycles. The zero-order valence-electron chi connectivity index (χ0n) is 11.4. The molecule has 0 aliphatic rings. The van der Waals surface area contributed by atoms with Gasteiger partial charge in [-0.25, -0.2) is 9.59 Å². The van der Waals surface area contributed by atoms with Crippen LogP contribution in [0, 0.1) is 5.92 Å². The summed E-state index contributed by atoms with van der Waals surface area (Å²) in [6.45, 7) is 8.97. The van der Waals surface area contributed by atoms with Crippen LogP contribution in [0.25, 0.3) is 0 Å². The van der Waals surface area contributed by atoms with E-state index >= 15 is 0 Å². The highest BCUT2D eigenvalue weighted by Gasteiger charge is 2.27. The van der Waals surface area contributed by atoms with Gasteiger partial charge < -0.3 is 14.9 Å². The summed E-state index contributed by atoms with van der Waals surface area (Å²) in [6.07, 6.45) is 0.413. The first kappa shape index (κ1) is 15.7. The summed E-state index contributed by atoms with van der Waals surface area (Å²) in [4.78, 5) is 26.1. The van der Waals surface area contributed by atoms with Crippen LogP contribution >= 0.6 is 0 Å². The zero-order chi connectivity index (χ0) is 13.6. The van der Waals surface area contributed by atoms with Crippen molar-refractivity contribution >= 4 is 12.0 Å². The van der Waals surface area contributed by atoms with Crippen LogP contribution in [-0.4, -0.2) is 53.1 Å². The summed E-state index contributed by atoms with van der Waals surface area (Å²) < 4.78 is 0. The molecule has 5 heteroatoms. The molecule has 17 heavy (non-hydrogen) atoms. The van der Waals surface area contributed by atoms with E-state index in [1.807, 2.05) is 20.8 Å². The highest BCUT2D eigenvalue weighted by molar-refractivity contribution is 5.82. The monoisotopic (exact) mass is 244 g/mol. The van der Waals surface area contributed by atoms with Gasteiger partial charge in [0, 0.05) is 20.1 Å². The number of nitrogens with zero attached hydrogens (tertiary/aromatic N) is 2. The van der Waals surface area contributed by atoms with E-state index in [4.69, 9.17) is 5.11 Å². The lowest BCUT2D eigenvalue weighted by atomic mass is 10.2. The Morgan fingerprint density at radius 3 is 2.06 bits per heavy atom. The van der Waals surface area contributed by atoms with E-state index in [9.17, 15) is 9.59 Å². The molecule has 2 amide bonds. The summed E-state index contributed by atoms with van der Waals surface area (Å²) in [5, 5.41) is 9.02. The molecular weight excluding hydrogens is 220 g/mol. The number of carbonyl (C=O) groups excluding carboxylic acids is 1. The third-order valence-electron chi connectivity index (χ3n) is 2.68. The Kier molecular flexibility index (Phi) is 6.61. The molecular formula is C12H24N2O3. The maximum atomic E-state index is 12.1. The van der Waals surface area contributed by atoms with Crippen LogP contribution < -0.4 is 0 Å². The van der Waals surface area contributed by atoms with Crippen molar-refractivity contribution in [1.29, 1.82) is 0 Å². The van der Waals surface area contributed by atoms with E-state index in [0.29, 0.717) is 25.4 Å². The van der Waals surface area contributed by atoms with Gasteiger partial charge in [-0.1, -0.05) is 20.8 Å². The highest BCUT2D eigenvalue weighted by Crippen LogP contribution is 2.08. The topological polar surface area (TPSA) is 60.9 Å². The smallest absolute Gasteiger partial charge is 0.326 e. The number of carboxylic acid groups (broad SMARTS) is 1. The molecule has 0 aromatic heterocycles. The molecule has 0 spiro atoms. The Labute approximate surface area is 103 Å². The average molecular weight is 244 g/mol. The molecule has 0 aromatic carbocycles. The van der Waals surface area contributed by atoms with Crippen LogP contribution in [0.4, 0.5) is 4.79 Å². The number of rotatable bonds is 6. The molecule has 0 saturated heterocycles. The van der Waals surface area contributed by atoms with E-state index in [-0.39, 0.29) is 6.03 Å². The molecule has 0 rings (SSSR count). The summed E-state index contributed by atoms with van der Waals surface area (Å²) in [7, 11) is 1.55. The van der Waals surface area contributed by atoms with E-state index in [0.717, 1.165) is 0 Å². The van der Waals surface area contributed by atoms with E-state index in [1.165, 1.54) is 4.90 Å². The Morgan fingerprint density at radius 1 is 1.24 bits per heavy atom. The van der Waals surface area contributed by atoms with Crippen molar-refractivity contribution in [2.75, 3.05) is 20.1 Å². The van der Waals surface area contributed by atoms with Crippen molar-refractivity contribution in [2.45, 2.75) is 40.2 Å². The largest absolute Gasteiger partial charge is 0.480 e. The Balaban J connectivity index is 4.69. The van der Waals surface area contributed by atoms with Gasteiger partial charge >= 0.3 is 12.0 Å². The quantitative estimate of drug-likeness (QED) is 0.776. The number of urea groups is 1. The minimum absolute atomic E-state index is 0.213. The Bertz CT molecular complexity index is 266. The predicted molar refractivity (Wildman–Crippen MR) is 67.0 cm³/mol. The molecule has 5 nitrogen and oxygen atoms in total. The normalized spacial score (nSPS) is 12.4. The summed E-state index contributed by atoms with van der Waals surface area (Å²) in [6, 6.07) is -0.959. The molecule has 0 radical (unpaired) electrons. The minimum Gasteiger partial charge on any atom is -0.480 e. The molecule has 100 valence electrons. The second kappa shape index (κ2) is 7.14. The van der Waals surface area contributed by atoms with Crippen LogP contribution in [0.2, 0.25) is 0 Å². The molecule has 1 N–H and O–H groups in total. The maximum absolute atomic E-state index is 12.1. The number of aliphatic carboxylic acids is 1. The average Bonchev–Trinajstić information content (AvgIpc) is 2.24. The lowest BCUT2D eigenvalue weighted by molar-refractivity contribution is -0.142. The van der Waals surface area contributed by atoms with Crippen molar-refractivity contribution in [3.05, 3.63) is 0 Å². The Hall–Kier alpha value is -1.26. The fourth-order valence-corrected chi connectivity index (χ4v) is 1.75. The first-order valence-electron chi connectivity index (χ1n) is 6.09. The second-order valence-corrected chi connectivity index (χ2v) is 4.59. The van der Waals surface area contributed by atoms with Gasteiger partial charge in [0.1, 0.15) is 6.04 Å². The van der Waals surface area contributed by atoms with Gasteiger partial charge in [0.05, 0.1) is 0 Å². The zero-order valence-corrected chi connectivity index (χ0v) is 11.4. The number of carboxylic acids is 1. The highest BCUT2D eigenvalue weighted by atomic mass is 16.4. The number of hydrogen-bond donors (Lipinski definition) is 1. The van der Waals surface area contributed by atoms with Gasteiger partial charge in [-0.2, -0.15) is 0 Å². The maximum Gasteiger partial charge on any atom is 0.326 e. The number of hydrogen-bond acceptors (Lipinski definition) is 2. The lowest BCUT2D eigenvalue weighted by Crippen LogP contribution is -2.49. The molecule has 0 heterocycles. The van der Waals surface area contributed by atoms with Gasteiger partial charge in [0.2, 0.25) is 0 Å². The summed E-state index contributed by atoms with van der Waals surface area (Å²) in [5.41, 5.74) is 0. The molecule has 0 aromatic rings. The van der Waals surface area contributed by atoms with Gasteiger partial charge in [-0.05, 0) is 19.3 Å². The summed E-state index contributed by atoms with van der Waals surface area (Å²) in [5.74, 6) is -0.582. The molecule has 1 unspecified atom stereocenters. The lowest BCUT2D eigenvalue weighted by Gasteiger charge is -2.31. The molecule has 0 bridgehead atoms. The fourth-order valence-electron chi connectivity index (χ4n) is 1.75. The van der Waals surface area contributed by atoms with Crippen LogP contribution in [0.5, 0.6) is 0 Å². The van der Waals surface area contributed by atoms with E-state index in [1.54, 1.807) is 18.9 Å². The summed E-state index contributed by atoms with van der Waals surface area (Å²) >= 11 is 0. The van der Waals surface area contributed by atoms with Crippen molar-refractivity contribution in [2.24, 2.45) is 5.92 Å². The van der Waals surface area contributed by atoms with Crippen molar-refractivity contribution in [3.8, 4) is 0 Å². The van der Waals surface area contributed by atoms with Gasteiger partial charge in [0.15, 0.2) is 0 Å². The van der Waals surface area contributed by atoms with Crippen LogP contribution in [0.15, 0.2) is 0 Å². The first-order chi connectivity index (χ1) is 7.84. The number of carbonyl (C=O) groups is 2.